The van der Waals surface area contributed by atoms with Gasteiger partial charge >= 0.3 is 6.18 Å². The number of rotatable bonds is 4. The lowest BCUT2D eigenvalue weighted by Crippen LogP contribution is -2.48. The van der Waals surface area contributed by atoms with E-state index in [1.54, 1.807) is 12.1 Å². The Morgan fingerprint density at radius 1 is 1.38 bits per heavy atom. The van der Waals surface area contributed by atoms with Crippen molar-refractivity contribution in [3.05, 3.63) is 24.2 Å². The monoisotopic (exact) mass is 304 g/mol. The Morgan fingerprint density at radius 2 is 2.19 bits per heavy atom. The van der Waals surface area contributed by atoms with E-state index in [1.165, 1.54) is 6.26 Å². The molecule has 0 saturated carbocycles. The second-order valence-corrected chi connectivity index (χ2v) is 5.24. The van der Waals surface area contributed by atoms with Gasteiger partial charge in [0.05, 0.1) is 18.8 Å². The van der Waals surface area contributed by atoms with Gasteiger partial charge in [0.2, 0.25) is 5.91 Å². The van der Waals surface area contributed by atoms with Gasteiger partial charge in [0.1, 0.15) is 12.3 Å². The van der Waals surface area contributed by atoms with E-state index in [1.807, 2.05) is 0 Å². The number of furan rings is 1. The predicted molar refractivity (Wildman–Crippen MR) is 70.4 cm³/mol. The first-order valence-corrected chi connectivity index (χ1v) is 7.07. The molecular weight excluding hydrogens is 285 g/mol. The zero-order valence-electron chi connectivity index (χ0n) is 11.7. The summed E-state index contributed by atoms with van der Waals surface area (Å²) in [6.45, 7) is -0.759. The summed E-state index contributed by atoms with van der Waals surface area (Å²) in [5.41, 5.74) is 0. The molecule has 1 aromatic heterocycles. The molecule has 1 aromatic rings. The van der Waals surface area contributed by atoms with E-state index in [0.29, 0.717) is 18.7 Å². The number of amides is 1. The van der Waals surface area contributed by atoms with Crippen LogP contribution in [0.3, 0.4) is 0 Å². The van der Waals surface area contributed by atoms with Gasteiger partial charge in [-0.15, -0.1) is 0 Å². The highest BCUT2D eigenvalue weighted by molar-refractivity contribution is 5.82. The molecule has 0 aliphatic carbocycles. The van der Waals surface area contributed by atoms with Crippen LogP contribution in [0.4, 0.5) is 13.2 Å². The average molecular weight is 304 g/mol. The first kappa shape index (κ1) is 15.9. The molecule has 4 nitrogen and oxygen atoms in total. The average Bonchev–Trinajstić information content (AvgIpc) is 2.75. The van der Waals surface area contributed by atoms with Gasteiger partial charge in [0, 0.05) is 0 Å². The first-order chi connectivity index (χ1) is 9.96. The van der Waals surface area contributed by atoms with Crippen molar-refractivity contribution in [3.8, 4) is 0 Å². The molecule has 21 heavy (non-hydrogen) atoms. The summed E-state index contributed by atoms with van der Waals surface area (Å²) in [7, 11) is 0. The molecule has 1 fully saturated rings. The van der Waals surface area contributed by atoms with Crippen LogP contribution in [0, 0.1) is 0 Å². The Kier molecular flexibility index (Phi) is 5.27. The van der Waals surface area contributed by atoms with Crippen molar-refractivity contribution in [2.75, 3.05) is 13.1 Å². The van der Waals surface area contributed by atoms with E-state index >= 15 is 0 Å². The first-order valence-electron chi connectivity index (χ1n) is 7.07. The van der Waals surface area contributed by atoms with Gasteiger partial charge in [0.25, 0.3) is 0 Å². The standard InChI is InChI=1S/C14H19F3N2O2/c15-14(16,17)10-19(9-11-5-4-8-21-11)13(20)12-6-2-1-3-7-18-12/h4-5,8,12,18H,1-3,6-7,9-10H2. The summed E-state index contributed by atoms with van der Waals surface area (Å²) in [5, 5.41) is 3.04. The second-order valence-electron chi connectivity index (χ2n) is 5.24. The molecular formula is C14H19F3N2O2. The molecule has 1 aliphatic heterocycles. The van der Waals surface area contributed by atoms with E-state index in [-0.39, 0.29) is 6.54 Å². The van der Waals surface area contributed by atoms with E-state index in [9.17, 15) is 18.0 Å². The van der Waals surface area contributed by atoms with Crippen molar-refractivity contribution < 1.29 is 22.4 Å². The zero-order valence-corrected chi connectivity index (χ0v) is 11.7. The van der Waals surface area contributed by atoms with Crippen molar-refractivity contribution in [2.45, 2.75) is 44.4 Å². The summed E-state index contributed by atoms with van der Waals surface area (Å²) < 4.78 is 43.2. The topological polar surface area (TPSA) is 45.5 Å². The lowest BCUT2D eigenvalue weighted by molar-refractivity contribution is -0.164. The van der Waals surface area contributed by atoms with Gasteiger partial charge in [-0.1, -0.05) is 12.8 Å². The van der Waals surface area contributed by atoms with E-state index in [4.69, 9.17) is 4.42 Å². The molecule has 0 radical (unpaired) electrons. The van der Waals surface area contributed by atoms with Crippen LogP contribution in [0.5, 0.6) is 0 Å². The number of nitrogens with one attached hydrogen (secondary N) is 1. The molecule has 1 atom stereocenters. The lowest BCUT2D eigenvalue weighted by Gasteiger charge is -2.27. The molecule has 1 saturated heterocycles. The van der Waals surface area contributed by atoms with Crippen LogP contribution in [0.25, 0.3) is 0 Å². The maximum absolute atomic E-state index is 12.7. The molecule has 0 bridgehead atoms. The molecule has 2 rings (SSSR count). The number of hydrogen-bond acceptors (Lipinski definition) is 3. The SMILES string of the molecule is O=C(C1CCCCCN1)N(Cc1ccco1)CC(F)(F)F. The highest BCUT2D eigenvalue weighted by Gasteiger charge is 2.35. The number of carbonyl (C=O) groups excluding carboxylic acids is 1. The molecule has 1 aliphatic rings. The van der Waals surface area contributed by atoms with Gasteiger partial charge in [0.15, 0.2) is 0 Å². The quantitative estimate of drug-likeness (QED) is 0.930. The number of alkyl halides is 3. The smallest absolute Gasteiger partial charge is 0.406 e. The van der Waals surface area contributed by atoms with Crippen LogP contribution in [0.15, 0.2) is 22.8 Å². The molecule has 0 spiro atoms. The largest absolute Gasteiger partial charge is 0.467 e. The van der Waals surface area contributed by atoms with E-state index < -0.39 is 24.7 Å². The third-order valence-corrected chi connectivity index (χ3v) is 3.47. The van der Waals surface area contributed by atoms with Crippen LogP contribution in [-0.4, -0.2) is 36.1 Å². The highest BCUT2D eigenvalue weighted by Crippen LogP contribution is 2.20. The maximum Gasteiger partial charge on any atom is 0.406 e. The van der Waals surface area contributed by atoms with Crippen LogP contribution in [-0.2, 0) is 11.3 Å². The minimum atomic E-state index is -4.42. The number of nitrogens with zero attached hydrogens (tertiary/aromatic N) is 1. The Labute approximate surface area is 121 Å². The fourth-order valence-electron chi connectivity index (χ4n) is 2.48. The molecule has 1 unspecified atom stereocenters. The fourth-order valence-corrected chi connectivity index (χ4v) is 2.48. The third-order valence-electron chi connectivity index (χ3n) is 3.47. The van der Waals surface area contributed by atoms with Crippen molar-refractivity contribution in [2.24, 2.45) is 0 Å². The minimum absolute atomic E-state index is 0.163. The van der Waals surface area contributed by atoms with Crippen LogP contribution < -0.4 is 5.32 Å². The van der Waals surface area contributed by atoms with Crippen LogP contribution >= 0.6 is 0 Å². The number of hydrogen-bond donors (Lipinski definition) is 1. The Bertz CT molecular complexity index is 438. The Balaban J connectivity index is 2.07. The van der Waals surface area contributed by atoms with Gasteiger partial charge in [-0.25, -0.2) is 0 Å². The number of carbonyl (C=O) groups is 1. The van der Waals surface area contributed by atoms with E-state index in [0.717, 1.165) is 24.2 Å². The summed E-state index contributed by atoms with van der Waals surface area (Å²) in [6.07, 6.45) is 0.327. The summed E-state index contributed by atoms with van der Waals surface area (Å²) >= 11 is 0. The third kappa shape index (κ3) is 5.08. The minimum Gasteiger partial charge on any atom is -0.467 e. The molecule has 2 heterocycles. The Morgan fingerprint density at radius 3 is 2.86 bits per heavy atom. The van der Waals surface area contributed by atoms with Gasteiger partial charge in [-0.3, -0.25) is 4.79 Å². The molecule has 0 aromatic carbocycles. The lowest BCUT2D eigenvalue weighted by atomic mass is 10.1. The Hall–Kier alpha value is -1.50. The van der Waals surface area contributed by atoms with Crippen molar-refractivity contribution in [3.63, 3.8) is 0 Å². The van der Waals surface area contributed by atoms with Crippen LogP contribution in [0.1, 0.15) is 31.4 Å². The zero-order chi connectivity index (χ0) is 15.3. The van der Waals surface area contributed by atoms with Gasteiger partial charge < -0.3 is 14.6 Å². The van der Waals surface area contributed by atoms with Crippen molar-refractivity contribution in [1.29, 1.82) is 0 Å². The molecule has 118 valence electrons. The van der Waals surface area contributed by atoms with Gasteiger partial charge in [-0.2, -0.15) is 13.2 Å². The fraction of sp³-hybridized carbons (Fsp3) is 0.643. The molecule has 7 heteroatoms. The summed E-state index contributed by atoms with van der Waals surface area (Å²) in [6, 6.07) is 2.62. The predicted octanol–water partition coefficient (Wildman–Crippen LogP) is 2.70. The van der Waals surface area contributed by atoms with Crippen LogP contribution in [0.2, 0.25) is 0 Å². The number of halogens is 3. The highest BCUT2D eigenvalue weighted by atomic mass is 19.4. The normalized spacial score (nSPS) is 20.0. The second kappa shape index (κ2) is 6.98. The van der Waals surface area contributed by atoms with Crippen molar-refractivity contribution >= 4 is 5.91 Å². The van der Waals surface area contributed by atoms with Crippen molar-refractivity contribution in [1.82, 2.24) is 10.2 Å². The summed E-state index contributed by atoms with van der Waals surface area (Å²) in [4.78, 5) is 13.2. The summed E-state index contributed by atoms with van der Waals surface area (Å²) in [5.74, 6) is -0.160. The maximum atomic E-state index is 12.7. The molecule has 1 N–H and O–H groups in total. The van der Waals surface area contributed by atoms with Gasteiger partial charge in [-0.05, 0) is 31.5 Å². The molecule has 1 amide bonds. The van der Waals surface area contributed by atoms with E-state index in [2.05, 4.69) is 5.32 Å².